The van der Waals surface area contributed by atoms with Gasteiger partial charge in [0, 0.05) is 0 Å². The van der Waals surface area contributed by atoms with E-state index in [1.165, 1.54) is 0 Å². The van der Waals surface area contributed by atoms with Gasteiger partial charge in [-0.2, -0.15) is 0 Å². The number of hydrogen-bond donors (Lipinski definition) is 0. The Labute approximate surface area is 61.9 Å². The summed E-state index contributed by atoms with van der Waals surface area (Å²) in [6.45, 7) is 3.81. The van der Waals surface area contributed by atoms with Crippen LogP contribution in [-0.2, 0) is 21.1 Å². The Balaban J connectivity index is 2.62. The van der Waals surface area contributed by atoms with Gasteiger partial charge in [-0.1, -0.05) is 0 Å². The molecule has 1 aliphatic carbocycles. The standard InChI is InChI=1S/C7H7.Au/c1-2-7-5-3-4-6-7;/h3-7H,1H2;. The SMILES string of the molecule is C=[C]([Au])C1C=CC=C1. The van der Waals surface area contributed by atoms with E-state index < -0.39 is 0 Å². The average molecular weight is 288 g/mol. The van der Waals surface area contributed by atoms with Crippen molar-refractivity contribution < 1.29 is 21.1 Å². The van der Waals surface area contributed by atoms with Crippen molar-refractivity contribution in [3.05, 3.63) is 34.7 Å². The van der Waals surface area contributed by atoms with Crippen LogP contribution in [-0.4, -0.2) is 0 Å². The van der Waals surface area contributed by atoms with Gasteiger partial charge in [0.1, 0.15) is 0 Å². The van der Waals surface area contributed by atoms with Gasteiger partial charge in [-0.3, -0.25) is 0 Å². The van der Waals surface area contributed by atoms with Gasteiger partial charge in [-0.15, -0.1) is 0 Å². The molecule has 0 saturated carbocycles. The number of allylic oxidation sites excluding steroid dienone is 5. The van der Waals surface area contributed by atoms with Crippen molar-refractivity contribution in [2.24, 2.45) is 5.92 Å². The maximum atomic E-state index is 3.81. The number of hydrogen-bond acceptors (Lipinski definition) is 0. The molecule has 0 aromatic carbocycles. The summed E-state index contributed by atoms with van der Waals surface area (Å²) in [4.78, 5) is 0. The van der Waals surface area contributed by atoms with E-state index in [2.05, 4.69) is 39.8 Å². The quantitative estimate of drug-likeness (QED) is 0.645. The summed E-state index contributed by atoms with van der Waals surface area (Å²) in [7, 11) is 0. The number of rotatable bonds is 1. The van der Waals surface area contributed by atoms with Gasteiger partial charge in [0.05, 0.1) is 0 Å². The first-order valence-corrected chi connectivity index (χ1v) is 3.54. The Morgan fingerprint density at radius 1 is 1.38 bits per heavy atom. The van der Waals surface area contributed by atoms with E-state index in [0.29, 0.717) is 5.92 Å². The average Bonchev–Trinajstić information content (AvgIpc) is 2.12. The second kappa shape index (κ2) is 2.49. The first-order valence-electron chi connectivity index (χ1n) is 2.46. The van der Waals surface area contributed by atoms with E-state index in [0.717, 1.165) is 3.79 Å². The van der Waals surface area contributed by atoms with Crippen LogP contribution in [0.1, 0.15) is 0 Å². The second-order valence-electron chi connectivity index (χ2n) is 1.69. The van der Waals surface area contributed by atoms with Crippen molar-refractivity contribution in [3.63, 3.8) is 0 Å². The Hall–Kier alpha value is -0.0397. The molecule has 0 aromatic rings. The molecule has 0 aromatic heterocycles. The van der Waals surface area contributed by atoms with Gasteiger partial charge in [0.15, 0.2) is 0 Å². The molecule has 8 heavy (non-hydrogen) atoms. The van der Waals surface area contributed by atoms with Crippen molar-refractivity contribution in [1.29, 1.82) is 0 Å². The molecule has 0 heterocycles. The minimum atomic E-state index is 0.485. The fourth-order valence-electron chi connectivity index (χ4n) is 0.626. The third-order valence-electron chi connectivity index (χ3n) is 1.08. The third-order valence-corrected chi connectivity index (χ3v) is 1.81. The van der Waals surface area contributed by atoms with Crippen LogP contribution in [0.3, 0.4) is 0 Å². The van der Waals surface area contributed by atoms with Crippen LogP contribution in [0.4, 0.5) is 0 Å². The van der Waals surface area contributed by atoms with Crippen LogP contribution in [0.15, 0.2) is 34.7 Å². The van der Waals surface area contributed by atoms with Crippen LogP contribution >= 0.6 is 0 Å². The Kier molecular flexibility index (Phi) is 1.90. The van der Waals surface area contributed by atoms with Crippen molar-refractivity contribution >= 4 is 0 Å². The molecule has 0 saturated heterocycles. The van der Waals surface area contributed by atoms with E-state index in [9.17, 15) is 0 Å². The Morgan fingerprint density at radius 2 is 1.88 bits per heavy atom. The van der Waals surface area contributed by atoms with Crippen LogP contribution in [0, 0.1) is 5.92 Å². The fraction of sp³-hybridized carbons (Fsp3) is 0.143. The summed E-state index contributed by atoms with van der Waals surface area (Å²) in [6, 6.07) is 0. The molecule has 1 rings (SSSR count). The van der Waals surface area contributed by atoms with Crippen molar-refractivity contribution in [1.82, 2.24) is 0 Å². The summed E-state index contributed by atoms with van der Waals surface area (Å²) in [5.74, 6) is 0.485. The van der Waals surface area contributed by atoms with Gasteiger partial charge in [-0.05, 0) is 0 Å². The Morgan fingerprint density at radius 3 is 2.12 bits per heavy atom. The van der Waals surface area contributed by atoms with E-state index in [-0.39, 0.29) is 0 Å². The molecule has 0 N–H and O–H groups in total. The molecule has 0 atom stereocenters. The second-order valence-corrected chi connectivity index (χ2v) is 3.08. The molecule has 0 nitrogen and oxygen atoms in total. The van der Waals surface area contributed by atoms with E-state index in [1.54, 1.807) is 0 Å². The maximum absolute atomic E-state index is 3.81. The van der Waals surface area contributed by atoms with Gasteiger partial charge < -0.3 is 0 Å². The molecule has 0 spiro atoms. The summed E-state index contributed by atoms with van der Waals surface area (Å²) in [6.07, 6.45) is 8.35. The van der Waals surface area contributed by atoms with Crippen LogP contribution in [0.5, 0.6) is 0 Å². The minimum absolute atomic E-state index is 0.485. The predicted molar refractivity (Wildman–Crippen MR) is 30.9 cm³/mol. The van der Waals surface area contributed by atoms with Crippen LogP contribution in [0.25, 0.3) is 0 Å². The zero-order valence-electron chi connectivity index (χ0n) is 4.40. The third kappa shape index (κ3) is 1.22. The molecule has 0 radical (unpaired) electrons. The molecule has 1 heteroatoms. The first kappa shape index (κ1) is 6.09. The van der Waals surface area contributed by atoms with Crippen molar-refractivity contribution in [3.8, 4) is 0 Å². The zero-order chi connectivity index (χ0) is 5.98. The first-order chi connectivity index (χ1) is 3.80. The molecule has 0 unspecified atom stereocenters. The van der Waals surface area contributed by atoms with Gasteiger partial charge in [0.2, 0.25) is 0 Å². The molecule has 0 aliphatic heterocycles. The fourth-order valence-corrected chi connectivity index (χ4v) is 1.04. The van der Waals surface area contributed by atoms with Crippen LogP contribution in [0.2, 0.25) is 0 Å². The molecule has 0 amide bonds. The molecule has 0 fully saturated rings. The summed E-state index contributed by atoms with van der Waals surface area (Å²) in [5.41, 5.74) is 0. The normalized spacial score (nSPS) is 17.8. The van der Waals surface area contributed by atoms with E-state index >= 15 is 0 Å². The van der Waals surface area contributed by atoms with Crippen molar-refractivity contribution in [2.75, 3.05) is 0 Å². The summed E-state index contributed by atoms with van der Waals surface area (Å²) in [5, 5.41) is 0. The monoisotopic (exact) mass is 288 g/mol. The van der Waals surface area contributed by atoms with Gasteiger partial charge >= 0.3 is 61.7 Å². The predicted octanol–water partition coefficient (Wildman–Crippen LogP) is 1.79. The molecule has 1 aliphatic rings. The van der Waals surface area contributed by atoms with Gasteiger partial charge in [0.25, 0.3) is 0 Å². The van der Waals surface area contributed by atoms with Gasteiger partial charge in [-0.25, -0.2) is 0 Å². The van der Waals surface area contributed by atoms with E-state index in [1.807, 2.05) is 12.2 Å². The molecule has 0 bridgehead atoms. The Bertz CT molecular complexity index is 142. The topological polar surface area (TPSA) is 0 Å². The summed E-state index contributed by atoms with van der Waals surface area (Å²) >= 11 is 2.42. The molecular weight excluding hydrogens is 281 g/mol. The van der Waals surface area contributed by atoms with E-state index in [4.69, 9.17) is 0 Å². The summed E-state index contributed by atoms with van der Waals surface area (Å²) < 4.78 is 1.16. The van der Waals surface area contributed by atoms with Crippen LogP contribution < -0.4 is 0 Å². The molecule has 46 valence electrons. The van der Waals surface area contributed by atoms with Crippen molar-refractivity contribution in [2.45, 2.75) is 0 Å². The zero-order valence-corrected chi connectivity index (χ0v) is 6.56. The molecular formula is C7H7Au.